The van der Waals surface area contributed by atoms with Gasteiger partial charge in [-0.2, -0.15) is 5.23 Å². The van der Waals surface area contributed by atoms with Crippen LogP contribution in [0.4, 0.5) is 0 Å². The highest BCUT2D eigenvalue weighted by molar-refractivity contribution is 4.47. The van der Waals surface area contributed by atoms with Gasteiger partial charge in [-0.1, -0.05) is 64.7 Å². The summed E-state index contributed by atoms with van der Waals surface area (Å²) in [7, 11) is 0. The SMILES string of the molecule is CCCCCCCCCCCCOCCC(O)[NH+]([O-])OCC. The zero-order valence-electron chi connectivity index (χ0n) is 14.6. The highest BCUT2D eigenvalue weighted by atomic mass is 16.9. The van der Waals surface area contributed by atoms with E-state index in [0.29, 0.717) is 26.2 Å². The molecule has 22 heavy (non-hydrogen) atoms. The third kappa shape index (κ3) is 14.7. The molecule has 2 N–H and O–H groups in total. The number of hydrogen-bond donors (Lipinski definition) is 2. The summed E-state index contributed by atoms with van der Waals surface area (Å²) >= 11 is 0. The van der Waals surface area contributed by atoms with Crippen molar-refractivity contribution in [1.29, 1.82) is 0 Å². The summed E-state index contributed by atoms with van der Waals surface area (Å²) in [6.45, 7) is 5.41. The molecule has 0 bridgehead atoms. The first-order valence-electron chi connectivity index (χ1n) is 9.14. The van der Waals surface area contributed by atoms with E-state index in [2.05, 4.69) is 6.92 Å². The van der Waals surface area contributed by atoms with Gasteiger partial charge in [0.25, 0.3) is 0 Å². The topological polar surface area (TPSA) is 66.2 Å². The van der Waals surface area contributed by atoms with Crippen molar-refractivity contribution >= 4 is 0 Å². The average molecular weight is 319 g/mol. The first-order chi connectivity index (χ1) is 10.7. The fourth-order valence-corrected chi connectivity index (χ4v) is 2.34. The van der Waals surface area contributed by atoms with Crippen LogP contribution in [-0.4, -0.2) is 31.2 Å². The van der Waals surface area contributed by atoms with Crippen LogP contribution in [0.3, 0.4) is 0 Å². The maximum atomic E-state index is 11.2. The lowest BCUT2D eigenvalue weighted by atomic mass is 10.1. The standard InChI is InChI=1S/C17H37NO4/c1-3-5-6-7-8-9-10-11-12-13-15-21-16-14-17(19)18(20)22-4-2/h17-19H,3-16H2,1-2H3. The van der Waals surface area contributed by atoms with Gasteiger partial charge in [-0.15, -0.1) is 0 Å². The molecule has 0 amide bonds. The maximum absolute atomic E-state index is 11.2. The third-order valence-corrected chi connectivity index (χ3v) is 3.74. The Bertz CT molecular complexity index is 217. The van der Waals surface area contributed by atoms with Gasteiger partial charge >= 0.3 is 0 Å². The number of rotatable bonds is 17. The minimum Gasteiger partial charge on any atom is -0.598 e. The van der Waals surface area contributed by atoms with E-state index in [1.807, 2.05) is 0 Å². The number of ether oxygens (including phenoxy) is 1. The molecule has 5 heteroatoms. The molecule has 0 aromatic carbocycles. The lowest BCUT2D eigenvalue weighted by Crippen LogP contribution is -3.10. The van der Waals surface area contributed by atoms with Crippen LogP contribution in [0.2, 0.25) is 0 Å². The minimum absolute atomic E-state index is 0.301. The molecule has 0 radical (unpaired) electrons. The fourth-order valence-electron chi connectivity index (χ4n) is 2.34. The summed E-state index contributed by atoms with van der Waals surface area (Å²) in [6, 6.07) is 0. The van der Waals surface area contributed by atoms with Crippen molar-refractivity contribution in [1.82, 2.24) is 0 Å². The molecule has 0 aromatic heterocycles. The van der Waals surface area contributed by atoms with Gasteiger partial charge in [0.1, 0.15) is 6.61 Å². The summed E-state index contributed by atoms with van der Waals surface area (Å²) in [4.78, 5) is 4.72. The van der Waals surface area contributed by atoms with E-state index >= 15 is 0 Å². The van der Waals surface area contributed by atoms with Crippen LogP contribution in [0.1, 0.15) is 84.5 Å². The monoisotopic (exact) mass is 319 g/mol. The second kappa shape index (κ2) is 17.2. The second-order valence-corrected chi connectivity index (χ2v) is 5.85. The zero-order valence-corrected chi connectivity index (χ0v) is 14.6. The lowest BCUT2D eigenvalue weighted by Gasteiger charge is -2.24. The van der Waals surface area contributed by atoms with Gasteiger partial charge in [0, 0.05) is 6.61 Å². The Balaban J connectivity index is 3.14. The van der Waals surface area contributed by atoms with Gasteiger partial charge in [0.2, 0.25) is 6.23 Å². The summed E-state index contributed by atoms with van der Waals surface area (Å²) < 4.78 is 5.44. The van der Waals surface area contributed by atoms with Crippen LogP contribution < -0.4 is 5.23 Å². The molecule has 0 aromatic rings. The van der Waals surface area contributed by atoms with Crippen molar-refractivity contribution in [2.45, 2.75) is 90.7 Å². The molecule has 0 aliphatic heterocycles. The van der Waals surface area contributed by atoms with Crippen LogP contribution in [0, 0.1) is 5.21 Å². The fraction of sp³-hybridized carbons (Fsp3) is 1.00. The quantitative estimate of drug-likeness (QED) is 0.246. The summed E-state index contributed by atoms with van der Waals surface area (Å²) in [5.74, 6) is 0. The molecule has 0 saturated heterocycles. The number of quaternary nitrogens is 1. The number of aliphatic hydroxyl groups excluding tert-OH is 1. The van der Waals surface area contributed by atoms with E-state index in [-0.39, 0.29) is 0 Å². The Hall–Kier alpha value is -0.200. The molecule has 134 valence electrons. The Morgan fingerprint density at radius 1 is 0.864 bits per heavy atom. The summed E-state index contributed by atoms with van der Waals surface area (Å²) in [5.41, 5.74) is 0. The molecule has 0 heterocycles. The Kier molecular flexibility index (Phi) is 17.0. The molecule has 0 aliphatic rings. The zero-order chi connectivity index (χ0) is 16.5. The molecular weight excluding hydrogens is 282 g/mol. The predicted octanol–water partition coefficient (Wildman–Crippen LogP) is 2.97. The van der Waals surface area contributed by atoms with Gasteiger partial charge < -0.3 is 15.1 Å². The second-order valence-electron chi connectivity index (χ2n) is 5.85. The van der Waals surface area contributed by atoms with Crippen molar-refractivity contribution in [3.8, 4) is 0 Å². The Morgan fingerprint density at radius 3 is 1.95 bits per heavy atom. The average Bonchev–Trinajstić information content (AvgIpc) is 2.51. The number of aliphatic hydroxyl groups is 1. The first kappa shape index (κ1) is 21.8. The van der Waals surface area contributed by atoms with Gasteiger partial charge in [-0.05, 0) is 13.3 Å². The molecule has 2 unspecified atom stereocenters. The van der Waals surface area contributed by atoms with Gasteiger partial charge in [0.05, 0.1) is 13.0 Å². The molecule has 0 rings (SSSR count). The van der Waals surface area contributed by atoms with Crippen LogP contribution in [0.25, 0.3) is 0 Å². The smallest absolute Gasteiger partial charge is 0.221 e. The highest BCUT2D eigenvalue weighted by Crippen LogP contribution is 2.10. The van der Waals surface area contributed by atoms with Crippen LogP contribution in [-0.2, 0) is 9.57 Å². The lowest BCUT2D eigenvalue weighted by molar-refractivity contribution is -1.09. The minimum atomic E-state index is -1.05. The highest BCUT2D eigenvalue weighted by Gasteiger charge is 2.11. The molecule has 0 aliphatic carbocycles. The van der Waals surface area contributed by atoms with Crippen molar-refractivity contribution in [3.63, 3.8) is 0 Å². The van der Waals surface area contributed by atoms with E-state index in [1.54, 1.807) is 6.92 Å². The molecule has 0 spiro atoms. The molecule has 5 nitrogen and oxygen atoms in total. The van der Waals surface area contributed by atoms with E-state index in [1.165, 1.54) is 57.8 Å². The van der Waals surface area contributed by atoms with Gasteiger partial charge in [0.15, 0.2) is 0 Å². The van der Waals surface area contributed by atoms with Gasteiger partial charge in [-0.25, -0.2) is 4.84 Å². The predicted molar refractivity (Wildman–Crippen MR) is 89.2 cm³/mol. The number of hydroxylamine groups is 2. The van der Waals surface area contributed by atoms with Crippen molar-refractivity contribution < 1.29 is 19.9 Å². The summed E-state index contributed by atoms with van der Waals surface area (Å²) in [5, 5.41) is 20.1. The Labute approximate surface area is 136 Å². The van der Waals surface area contributed by atoms with Crippen molar-refractivity contribution in [2.24, 2.45) is 0 Å². The van der Waals surface area contributed by atoms with E-state index < -0.39 is 11.5 Å². The Morgan fingerprint density at radius 2 is 1.41 bits per heavy atom. The molecule has 2 atom stereocenters. The molecule has 0 saturated carbocycles. The first-order valence-corrected chi connectivity index (χ1v) is 9.14. The normalized spacial score (nSPS) is 14.2. The molecule has 0 fully saturated rings. The summed E-state index contributed by atoms with van der Waals surface area (Å²) in [6.07, 6.45) is 12.3. The van der Waals surface area contributed by atoms with Gasteiger partial charge in [-0.3, -0.25) is 0 Å². The van der Waals surface area contributed by atoms with Crippen molar-refractivity contribution in [3.05, 3.63) is 5.21 Å². The van der Waals surface area contributed by atoms with Crippen LogP contribution in [0.15, 0.2) is 0 Å². The third-order valence-electron chi connectivity index (χ3n) is 3.74. The number of hydrogen-bond acceptors (Lipinski definition) is 4. The van der Waals surface area contributed by atoms with E-state index in [9.17, 15) is 10.3 Å². The molecular formula is C17H37NO4. The largest absolute Gasteiger partial charge is 0.598 e. The maximum Gasteiger partial charge on any atom is 0.221 e. The van der Waals surface area contributed by atoms with E-state index in [4.69, 9.17) is 9.57 Å². The van der Waals surface area contributed by atoms with Crippen LogP contribution >= 0.6 is 0 Å². The number of unbranched alkanes of at least 4 members (excludes halogenated alkanes) is 9. The van der Waals surface area contributed by atoms with Crippen LogP contribution in [0.5, 0.6) is 0 Å². The number of nitrogens with one attached hydrogen (secondary N) is 1. The van der Waals surface area contributed by atoms with E-state index in [0.717, 1.165) is 6.42 Å². The van der Waals surface area contributed by atoms with Crippen molar-refractivity contribution in [2.75, 3.05) is 19.8 Å².